The number of aryl methyl sites for hydroxylation is 2. The Morgan fingerprint density at radius 2 is 1.77 bits per heavy atom. The number of hydrogen-bond acceptors (Lipinski definition) is 8. The van der Waals surface area contributed by atoms with E-state index in [2.05, 4.69) is 0 Å². The molecule has 0 saturated carbocycles. The summed E-state index contributed by atoms with van der Waals surface area (Å²) < 4.78 is 6.54. The number of methoxy groups -OCH3 is 1. The van der Waals surface area contributed by atoms with Crippen molar-refractivity contribution < 1.29 is 19.4 Å². The van der Waals surface area contributed by atoms with Crippen LogP contribution in [0.25, 0.3) is 6.08 Å². The van der Waals surface area contributed by atoms with Gasteiger partial charge in [-0.2, -0.15) is 5.26 Å². The van der Waals surface area contributed by atoms with Crippen LogP contribution in [-0.2, 0) is 17.8 Å². The average Bonchev–Trinajstić information content (AvgIpc) is 3.20. The van der Waals surface area contributed by atoms with Crippen LogP contribution < -0.4 is 10.3 Å². The maximum absolute atomic E-state index is 13.3. The number of hydrogen-bond donors (Lipinski definition) is 1. The van der Waals surface area contributed by atoms with Crippen LogP contribution in [0.3, 0.4) is 0 Å². The lowest BCUT2D eigenvalue weighted by atomic mass is 9.99. The standard InChI is InChI=1S/C30H27N3O5S2/c1-18-4-6-21(7-5-18)16-25-28(36)33(30(39)40-25)15-13-24(34)26-19(2)23(17-31)27(35)32(29(26)37)14-12-20-8-10-22(38-3)11-9-20/h4-11,16,37H,12-15H2,1-3H3/b25-16-. The summed E-state index contributed by atoms with van der Waals surface area (Å²) in [6.07, 6.45) is 1.98. The summed E-state index contributed by atoms with van der Waals surface area (Å²) in [7, 11) is 1.56. The SMILES string of the molecule is COc1ccc(CCn2c(O)c(C(=O)CCN3C(=O)/C(=C/c4ccc(C)cc4)SC3=S)c(C)c(C#N)c2=O)cc1. The Labute approximate surface area is 241 Å². The first kappa shape index (κ1) is 28.8. The van der Waals surface area contributed by atoms with E-state index in [4.69, 9.17) is 17.0 Å². The monoisotopic (exact) mass is 573 g/mol. The topological polar surface area (TPSA) is 113 Å². The number of nitrogens with zero attached hydrogens (tertiary/aromatic N) is 3. The molecule has 2 heterocycles. The molecule has 1 aromatic heterocycles. The molecule has 1 N–H and O–H groups in total. The van der Waals surface area contributed by atoms with Gasteiger partial charge in [0, 0.05) is 19.5 Å². The van der Waals surface area contributed by atoms with Gasteiger partial charge in [-0.1, -0.05) is 65.9 Å². The van der Waals surface area contributed by atoms with E-state index in [0.717, 1.165) is 33.0 Å². The lowest BCUT2D eigenvalue weighted by molar-refractivity contribution is -0.122. The summed E-state index contributed by atoms with van der Waals surface area (Å²) in [5.41, 5.74) is 1.99. The molecule has 0 spiro atoms. The number of rotatable bonds is 9. The first-order chi connectivity index (χ1) is 19.1. The number of nitriles is 1. The Kier molecular flexibility index (Phi) is 8.87. The number of aromatic nitrogens is 1. The van der Waals surface area contributed by atoms with E-state index in [-0.39, 0.29) is 42.1 Å². The number of Topliss-reactive ketones (excluding diaryl/α,β-unsaturated/α-hetero) is 1. The van der Waals surface area contributed by atoms with Crippen molar-refractivity contribution in [2.75, 3.05) is 13.7 Å². The molecular formula is C30H27N3O5S2. The van der Waals surface area contributed by atoms with Gasteiger partial charge in [-0.15, -0.1) is 0 Å². The maximum Gasteiger partial charge on any atom is 0.271 e. The average molecular weight is 574 g/mol. The minimum absolute atomic E-state index is 0.000476. The zero-order valence-electron chi connectivity index (χ0n) is 22.3. The summed E-state index contributed by atoms with van der Waals surface area (Å²) in [6, 6.07) is 16.8. The van der Waals surface area contributed by atoms with E-state index in [1.807, 2.05) is 49.4 Å². The van der Waals surface area contributed by atoms with E-state index in [0.29, 0.717) is 21.4 Å². The Balaban J connectivity index is 1.53. The highest BCUT2D eigenvalue weighted by molar-refractivity contribution is 8.26. The minimum atomic E-state index is -0.666. The second kappa shape index (κ2) is 12.3. The highest BCUT2D eigenvalue weighted by Gasteiger charge is 2.33. The van der Waals surface area contributed by atoms with Gasteiger partial charge in [0.1, 0.15) is 21.7 Å². The predicted molar refractivity (Wildman–Crippen MR) is 159 cm³/mol. The van der Waals surface area contributed by atoms with Gasteiger partial charge in [-0.25, -0.2) is 0 Å². The van der Waals surface area contributed by atoms with Crippen LogP contribution in [0.2, 0.25) is 0 Å². The third-order valence-corrected chi connectivity index (χ3v) is 8.05. The van der Waals surface area contributed by atoms with Crippen LogP contribution in [0.5, 0.6) is 11.6 Å². The first-order valence-electron chi connectivity index (χ1n) is 12.5. The van der Waals surface area contributed by atoms with Gasteiger partial charge in [-0.05, 0) is 55.2 Å². The molecule has 1 aliphatic heterocycles. The van der Waals surface area contributed by atoms with Crippen LogP contribution in [0.15, 0.2) is 58.2 Å². The number of thioether (sulfide) groups is 1. The number of aromatic hydroxyl groups is 1. The lowest BCUT2D eigenvalue weighted by Gasteiger charge is -2.17. The maximum atomic E-state index is 13.3. The van der Waals surface area contributed by atoms with Crippen LogP contribution in [0, 0.1) is 25.2 Å². The van der Waals surface area contributed by atoms with E-state index >= 15 is 0 Å². The molecule has 2 aromatic carbocycles. The van der Waals surface area contributed by atoms with Crippen LogP contribution in [0.4, 0.5) is 0 Å². The van der Waals surface area contributed by atoms with E-state index in [1.165, 1.54) is 11.8 Å². The van der Waals surface area contributed by atoms with Gasteiger partial charge in [0.05, 0.1) is 17.6 Å². The molecule has 0 bridgehead atoms. The van der Waals surface area contributed by atoms with Gasteiger partial charge in [0.2, 0.25) is 5.88 Å². The highest BCUT2D eigenvalue weighted by atomic mass is 32.2. The largest absolute Gasteiger partial charge is 0.497 e. The summed E-state index contributed by atoms with van der Waals surface area (Å²) in [5, 5.41) is 20.7. The molecule has 0 radical (unpaired) electrons. The van der Waals surface area contributed by atoms with Crippen LogP contribution in [-0.4, -0.2) is 44.2 Å². The van der Waals surface area contributed by atoms with Crippen LogP contribution in [0.1, 0.15) is 44.6 Å². The van der Waals surface area contributed by atoms with Gasteiger partial charge >= 0.3 is 0 Å². The molecule has 0 unspecified atom stereocenters. The zero-order valence-corrected chi connectivity index (χ0v) is 23.9. The number of carbonyl (C=O) groups excluding carboxylic acids is 2. The van der Waals surface area contributed by atoms with Crippen molar-refractivity contribution in [1.82, 2.24) is 9.47 Å². The van der Waals surface area contributed by atoms with Crippen molar-refractivity contribution in [3.63, 3.8) is 0 Å². The highest BCUT2D eigenvalue weighted by Crippen LogP contribution is 2.33. The number of ketones is 1. The number of ether oxygens (including phenoxy) is 1. The fourth-order valence-corrected chi connectivity index (χ4v) is 5.68. The fraction of sp³-hybridized carbons (Fsp3) is 0.233. The Hall–Kier alpha value is -4.20. The van der Waals surface area contributed by atoms with E-state index < -0.39 is 17.2 Å². The van der Waals surface area contributed by atoms with E-state index in [9.17, 15) is 24.8 Å². The Morgan fingerprint density at radius 1 is 1.10 bits per heavy atom. The zero-order chi connectivity index (χ0) is 29.0. The molecule has 1 fully saturated rings. The third-order valence-electron chi connectivity index (χ3n) is 6.67. The molecule has 40 heavy (non-hydrogen) atoms. The number of thiocarbonyl (C=S) groups is 1. The van der Waals surface area contributed by atoms with Gasteiger partial charge in [-0.3, -0.25) is 23.9 Å². The molecule has 1 amide bonds. The van der Waals surface area contributed by atoms with Crippen molar-refractivity contribution in [3.8, 4) is 17.7 Å². The summed E-state index contributed by atoms with van der Waals surface area (Å²) in [6.45, 7) is 3.50. The third kappa shape index (κ3) is 6.01. The summed E-state index contributed by atoms with van der Waals surface area (Å²) >= 11 is 6.56. The molecule has 4 rings (SSSR count). The first-order valence-corrected chi connectivity index (χ1v) is 13.7. The lowest BCUT2D eigenvalue weighted by Crippen LogP contribution is -2.31. The normalized spacial score (nSPS) is 14.1. The van der Waals surface area contributed by atoms with Gasteiger partial charge < -0.3 is 9.84 Å². The molecule has 10 heteroatoms. The molecule has 0 atom stereocenters. The smallest absolute Gasteiger partial charge is 0.271 e. The Morgan fingerprint density at radius 3 is 2.40 bits per heavy atom. The second-order valence-corrected chi connectivity index (χ2v) is 11.0. The number of pyridine rings is 1. The summed E-state index contributed by atoms with van der Waals surface area (Å²) in [5.74, 6) is -0.608. The molecule has 0 aliphatic carbocycles. The number of benzene rings is 2. The van der Waals surface area contributed by atoms with E-state index in [1.54, 1.807) is 25.3 Å². The Bertz CT molecular complexity index is 1620. The van der Waals surface area contributed by atoms with Crippen molar-refractivity contribution in [2.24, 2.45) is 0 Å². The number of carbonyl (C=O) groups is 2. The molecule has 3 aromatic rings. The van der Waals surface area contributed by atoms with Crippen molar-refractivity contribution in [3.05, 3.63) is 97.2 Å². The quantitative estimate of drug-likeness (QED) is 0.221. The predicted octanol–water partition coefficient (Wildman–Crippen LogP) is 4.77. The minimum Gasteiger partial charge on any atom is -0.497 e. The molecule has 1 saturated heterocycles. The van der Waals surface area contributed by atoms with Gasteiger partial charge in [0.25, 0.3) is 11.5 Å². The molecular weight excluding hydrogens is 546 g/mol. The van der Waals surface area contributed by atoms with Crippen molar-refractivity contribution in [1.29, 1.82) is 5.26 Å². The van der Waals surface area contributed by atoms with Crippen LogP contribution >= 0.6 is 24.0 Å². The van der Waals surface area contributed by atoms with Gasteiger partial charge in [0.15, 0.2) is 5.78 Å². The molecule has 204 valence electrons. The second-order valence-electron chi connectivity index (χ2n) is 9.28. The molecule has 1 aliphatic rings. The van der Waals surface area contributed by atoms with Crippen molar-refractivity contribution >= 4 is 46.1 Å². The fourth-order valence-electron chi connectivity index (χ4n) is 4.37. The molecule has 8 nitrogen and oxygen atoms in total. The summed E-state index contributed by atoms with van der Waals surface area (Å²) in [4.78, 5) is 41.1. The number of amides is 1. The van der Waals surface area contributed by atoms with Crippen molar-refractivity contribution in [2.45, 2.75) is 33.2 Å².